The maximum atomic E-state index is 13.3. The molecular formula is C19H27BN4O4. The van der Waals surface area contributed by atoms with Crippen LogP contribution < -0.4 is 15.8 Å². The number of aromatic nitrogens is 2. The third-order valence-electron chi connectivity index (χ3n) is 4.60. The average Bonchev–Trinajstić information content (AvgIpc) is 2.66. The minimum atomic E-state index is -1.70. The molecule has 0 aliphatic rings. The van der Waals surface area contributed by atoms with Crippen LogP contribution in [0.4, 0.5) is 0 Å². The average molecular weight is 386 g/mol. The Bertz CT molecular complexity index is 804. The minimum Gasteiger partial charge on any atom is -0.618 e. The summed E-state index contributed by atoms with van der Waals surface area (Å²) in [5.74, 6) is -1.35. The molecule has 150 valence electrons. The standard InChI is InChI=1S/C19H27BN4O4/c1-4-19(21,23-15(20(26)27)12-13(2)3)18(25)17-16(22-10-11-24(17)28)14-8-6-5-7-9-14/h5-11,13,15,23,26-27H,4,12,21H2,1-3H3/t15-,19?/m0/s1. The lowest BCUT2D eigenvalue weighted by Crippen LogP contribution is -2.66. The monoisotopic (exact) mass is 386 g/mol. The number of hydrogen-bond donors (Lipinski definition) is 4. The SMILES string of the molecule is CCC(N)(N[C@@H](CC(C)C)B(O)O)C(=O)c1c(-c2ccccc2)ncc[n+]1[O-]. The molecule has 0 saturated heterocycles. The van der Waals surface area contributed by atoms with Crippen LogP contribution in [0.1, 0.15) is 44.1 Å². The largest absolute Gasteiger partial charge is 0.618 e. The number of nitrogens with two attached hydrogens (primary N) is 1. The van der Waals surface area contributed by atoms with E-state index in [2.05, 4.69) is 10.3 Å². The molecule has 1 aromatic carbocycles. The summed E-state index contributed by atoms with van der Waals surface area (Å²) in [7, 11) is -1.70. The van der Waals surface area contributed by atoms with Gasteiger partial charge in [0.15, 0.2) is 6.20 Å². The van der Waals surface area contributed by atoms with Crippen LogP contribution in [0, 0.1) is 11.1 Å². The maximum Gasteiger partial charge on any atom is 0.469 e. The molecule has 2 aromatic rings. The summed E-state index contributed by atoms with van der Waals surface area (Å²) < 4.78 is 0.448. The van der Waals surface area contributed by atoms with Gasteiger partial charge in [0.25, 0.3) is 11.5 Å². The number of carbonyl (C=O) groups excluding carboxylic acids is 1. The van der Waals surface area contributed by atoms with Crippen molar-refractivity contribution in [2.75, 3.05) is 0 Å². The fourth-order valence-electron chi connectivity index (χ4n) is 3.06. The molecule has 2 rings (SSSR count). The number of nitrogens with one attached hydrogen (secondary N) is 1. The highest BCUT2D eigenvalue weighted by Crippen LogP contribution is 2.23. The van der Waals surface area contributed by atoms with Crippen molar-refractivity contribution in [2.45, 2.75) is 45.2 Å². The van der Waals surface area contributed by atoms with Gasteiger partial charge in [-0.3, -0.25) is 10.1 Å². The van der Waals surface area contributed by atoms with Crippen molar-refractivity contribution in [3.63, 3.8) is 0 Å². The summed E-state index contributed by atoms with van der Waals surface area (Å²) in [5.41, 5.74) is 5.31. The smallest absolute Gasteiger partial charge is 0.469 e. The van der Waals surface area contributed by atoms with Crippen LogP contribution in [0.15, 0.2) is 42.7 Å². The molecule has 0 fully saturated rings. The first kappa shape index (κ1) is 22.0. The predicted octanol–water partition coefficient (Wildman–Crippen LogP) is 0.646. The third kappa shape index (κ3) is 4.93. The molecule has 28 heavy (non-hydrogen) atoms. The van der Waals surface area contributed by atoms with Crippen molar-refractivity contribution in [2.24, 2.45) is 11.7 Å². The Balaban J connectivity index is 2.47. The number of Topliss-reactive ketones (excluding diaryl/α,β-unsaturated/α-hetero) is 1. The van der Waals surface area contributed by atoms with E-state index in [1.165, 1.54) is 6.20 Å². The van der Waals surface area contributed by atoms with E-state index in [0.29, 0.717) is 16.7 Å². The molecule has 1 heterocycles. The van der Waals surface area contributed by atoms with Gasteiger partial charge in [0.1, 0.15) is 11.4 Å². The lowest BCUT2D eigenvalue weighted by Gasteiger charge is -2.32. The van der Waals surface area contributed by atoms with E-state index in [0.717, 1.165) is 6.20 Å². The summed E-state index contributed by atoms with van der Waals surface area (Å²) in [6.07, 6.45) is 2.99. The molecule has 1 unspecified atom stereocenters. The van der Waals surface area contributed by atoms with Crippen molar-refractivity contribution in [3.8, 4) is 11.3 Å². The maximum absolute atomic E-state index is 13.3. The van der Waals surface area contributed by atoms with Crippen LogP contribution >= 0.6 is 0 Å². The fourth-order valence-corrected chi connectivity index (χ4v) is 3.06. The summed E-state index contributed by atoms with van der Waals surface area (Å²) in [5, 5.41) is 34.8. The minimum absolute atomic E-state index is 0.135. The number of rotatable bonds is 9. The molecule has 0 saturated carbocycles. The molecule has 5 N–H and O–H groups in total. The quantitative estimate of drug-likeness (QED) is 0.163. The highest BCUT2D eigenvalue weighted by Gasteiger charge is 2.43. The van der Waals surface area contributed by atoms with E-state index < -0.39 is 24.5 Å². The topological polar surface area (TPSA) is 135 Å². The number of hydrogen-bond acceptors (Lipinski definition) is 7. The fraction of sp³-hybridized carbons (Fsp3) is 0.421. The van der Waals surface area contributed by atoms with E-state index in [1.807, 2.05) is 19.9 Å². The van der Waals surface area contributed by atoms with Crippen LogP contribution in [0.2, 0.25) is 0 Å². The highest BCUT2D eigenvalue weighted by molar-refractivity contribution is 6.43. The number of benzene rings is 1. The van der Waals surface area contributed by atoms with Gasteiger partial charge in [0.2, 0.25) is 0 Å². The Morgan fingerprint density at radius 2 is 2.00 bits per heavy atom. The van der Waals surface area contributed by atoms with Crippen LogP contribution in [-0.2, 0) is 0 Å². The zero-order chi connectivity index (χ0) is 20.9. The second-order valence-corrected chi connectivity index (χ2v) is 7.26. The van der Waals surface area contributed by atoms with Gasteiger partial charge in [-0.05, 0) is 18.8 Å². The molecule has 2 atom stereocenters. The van der Waals surface area contributed by atoms with Crippen LogP contribution in [-0.4, -0.2) is 39.5 Å². The van der Waals surface area contributed by atoms with Crippen molar-refractivity contribution >= 4 is 12.9 Å². The van der Waals surface area contributed by atoms with Gasteiger partial charge >= 0.3 is 7.12 Å². The zero-order valence-corrected chi connectivity index (χ0v) is 16.4. The van der Waals surface area contributed by atoms with Crippen molar-refractivity contribution in [3.05, 3.63) is 53.6 Å². The molecule has 0 bridgehead atoms. The van der Waals surface area contributed by atoms with Crippen molar-refractivity contribution in [1.82, 2.24) is 10.3 Å². The van der Waals surface area contributed by atoms with Gasteiger partial charge in [0.05, 0.1) is 6.20 Å². The van der Waals surface area contributed by atoms with Gasteiger partial charge in [-0.1, -0.05) is 51.1 Å². The van der Waals surface area contributed by atoms with Gasteiger partial charge < -0.3 is 21.0 Å². The normalized spacial score (nSPS) is 14.5. The molecule has 0 radical (unpaired) electrons. The van der Waals surface area contributed by atoms with Crippen molar-refractivity contribution in [1.29, 1.82) is 0 Å². The Hall–Kier alpha value is -2.33. The molecule has 0 aliphatic heterocycles. The predicted molar refractivity (Wildman–Crippen MR) is 107 cm³/mol. The zero-order valence-electron chi connectivity index (χ0n) is 16.4. The van der Waals surface area contributed by atoms with Crippen LogP contribution in [0.5, 0.6) is 0 Å². The first-order chi connectivity index (χ1) is 13.2. The van der Waals surface area contributed by atoms with Crippen molar-refractivity contribution < 1.29 is 19.6 Å². The van der Waals surface area contributed by atoms with Crippen LogP contribution in [0.3, 0.4) is 0 Å². The van der Waals surface area contributed by atoms with Gasteiger partial charge in [-0.2, -0.15) is 4.73 Å². The first-order valence-corrected chi connectivity index (χ1v) is 9.30. The van der Waals surface area contributed by atoms with Gasteiger partial charge in [-0.15, -0.1) is 0 Å². The van der Waals surface area contributed by atoms with Gasteiger partial charge in [0, 0.05) is 11.5 Å². The van der Waals surface area contributed by atoms with E-state index in [4.69, 9.17) is 5.73 Å². The molecule has 0 spiro atoms. The van der Waals surface area contributed by atoms with Gasteiger partial charge in [-0.25, -0.2) is 4.98 Å². The van der Waals surface area contributed by atoms with E-state index in [-0.39, 0.29) is 23.7 Å². The Labute approximate surface area is 165 Å². The Kier molecular flexibility index (Phi) is 7.25. The molecular weight excluding hydrogens is 359 g/mol. The lowest BCUT2D eigenvalue weighted by atomic mass is 9.73. The summed E-state index contributed by atoms with van der Waals surface area (Å²) in [4.78, 5) is 17.6. The number of ketones is 1. The molecule has 0 aliphatic carbocycles. The highest BCUT2D eigenvalue weighted by atomic mass is 16.5. The molecule has 8 nitrogen and oxygen atoms in total. The Morgan fingerprint density at radius 1 is 1.36 bits per heavy atom. The molecule has 1 aromatic heterocycles. The summed E-state index contributed by atoms with van der Waals surface area (Å²) >= 11 is 0. The van der Waals surface area contributed by atoms with E-state index >= 15 is 0 Å². The third-order valence-corrected chi connectivity index (χ3v) is 4.60. The summed E-state index contributed by atoms with van der Waals surface area (Å²) in [6, 6.07) is 8.87. The van der Waals surface area contributed by atoms with E-state index in [9.17, 15) is 20.0 Å². The molecule has 0 amide bonds. The van der Waals surface area contributed by atoms with E-state index in [1.54, 1.807) is 31.2 Å². The number of nitrogens with zero attached hydrogens (tertiary/aromatic N) is 2. The summed E-state index contributed by atoms with van der Waals surface area (Å²) in [6.45, 7) is 5.53. The first-order valence-electron chi connectivity index (χ1n) is 9.30. The second kappa shape index (κ2) is 9.25. The molecule has 9 heteroatoms. The second-order valence-electron chi connectivity index (χ2n) is 7.26. The van der Waals surface area contributed by atoms with Crippen LogP contribution in [0.25, 0.3) is 11.3 Å². The Morgan fingerprint density at radius 3 is 2.54 bits per heavy atom. The lowest BCUT2D eigenvalue weighted by molar-refractivity contribution is -0.607. The number of carbonyl (C=O) groups is 1.